The molecule has 0 aromatic rings. The Labute approximate surface area is 108 Å². The molecule has 0 aliphatic carbocycles. The van der Waals surface area contributed by atoms with Crippen molar-refractivity contribution in [1.29, 1.82) is 0 Å². The summed E-state index contributed by atoms with van der Waals surface area (Å²) in [5.41, 5.74) is 5.37. The Hall–Kier alpha value is -0.280. The molecule has 0 bridgehead atoms. The lowest BCUT2D eigenvalue weighted by molar-refractivity contribution is 0.0736. The molecule has 0 radical (unpaired) electrons. The third-order valence-electron chi connectivity index (χ3n) is 2.04. The maximum atomic E-state index is 11.7. The van der Waals surface area contributed by atoms with E-state index in [9.17, 15) is 8.42 Å². The highest BCUT2D eigenvalue weighted by Gasteiger charge is 2.25. The van der Waals surface area contributed by atoms with Gasteiger partial charge in [0, 0.05) is 13.7 Å². The minimum Gasteiger partial charge on any atom is -0.392 e. The first-order valence-electron chi connectivity index (χ1n) is 5.30. The van der Waals surface area contributed by atoms with E-state index >= 15 is 0 Å². The molecule has 0 aromatic heterocycles. The van der Waals surface area contributed by atoms with E-state index < -0.39 is 15.3 Å². The van der Waals surface area contributed by atoms with Crippen molar-refractivity contribution in [3.05, 3.63) is 0 Å². The van der Waals surface area contributed by atoms with Gasteiger partial charge in [-0.3, -0.25) is 0 Å². The summed E-state index contributed by atoms with van der Waals surface area (Å²) in [6.07, 6.45) is 0.356. The van der Waals surface area contributed by atoms with E-state index in [0.29, 0.717) is 19.6 Å². The fourth-order valence-electron chi connectivity index (χ4n) is 1.17. The van der Waals surface area contributed by atoms with Crippen molar-refractivity contribution in [2.75, 3.05) is 33.5 Å². The van der Waals surface area contributed by atoms with Crippen molar-refractivity contribution >= 4 is 27.2 Å². The molecular weight excluding hydrogens is 264 g/mol. The molecule has 0 amide bonds. The van der Waals surface area contributed by atoms with Crippen LogP contribution in [0.3, 0.4) is 0 Å². The summed E-state index contributed by atoms with van der Waals surface area (Å²) in [5, 5.41) is -0.823. The van der Waals surface area contributed by atoms with Crippen LogP contribution in [0.15, 0.2) is 0 Å². The molecule has 0 aromatic carbocycles. The molecule has 3 N–H and O–H groups in total. The summed E-state index contributed by atoms with van der Waals surface area (Å²) in [7, 11) is -1.92. The Kier molecular flexibility index (Phi) is 8.61. The van der Waals surface area contributed by atoms with Crippen LogP contribution in [-0.2, 0) is 19.5 Å². The van der Waals surface area contributed by atoms with Gasteiger partial charge in [0.15, 0.2) is 0 Å². The molecule has 0 aliphatic rings. The Morgan fingerprint density at radius 1 is 1.41 bits per heavy atom. The third-order valence-corrected chi connectivity index (χ3v) is 4.42. The lowest BCUT2D eigenvalue weighted by atomic mass is 10.3. The highest BCUT2D eigenvalue weighted by molar-refractivity contribution is 7.93. The first-order valence-corrected chi connectivity index (χ1v) is 7.25. The van der Waals surface area contributed by atoms with Crippen molar-refractivity contribution in [1.82, 2.24) is 4.72 Å². The molecule has 0 rings (SSSR count). The SMILES string of the molecule is CCC(C(N)=S)S(=O)(=O)NCCOCCOC. The number of methoxy groups -OCH3 is 1. The number of nitrogens with two attached hydrogens (primary N) is 1. The number of sulfonamides is 1. The van der Waals surface area contributed by atoms with E-state index in [4.69, 9.17) is 27.4 Å². The number of hydrogen-bond donors (Lipinski definition) is 2. The standard InChI is InChI=1S/C9H20N2O4S2/c1-3-8(9(10)16)17(12,13)11-4-5-15-7-6-14-2/h8,11H,3-7H2,1-2H3,(H2,10,16). The fraction of sp³-hybridized carbons (Fsp3) is 0.889. The van der Waals surface area contributed by atoms with Gasteiger partial charge >= 0.3 is 0 Å². The van der Waals surface area contributed by atoms with Crippen LogP contribution in [0, 0.1) is 0 Å². The molecule has 17 heavy (non-hydrogen) atoms. The molecule has 0 spiro atoms. The molecule has 6 nitrogen and oxygen atoms in total. The van der Waals surface area contributed by atoms with Crippen molar-refractivity contribution in [2.24, 2.45) is 5.73 Å². The van der Waals surface area contributed by atoms with Gasteiger partial charge < -0.3 is 15.2 Å². The third kappa shape index (κ3) is 6.89. The fourth-order valence-corrected chi connectivity index (χ4v) is 3.03. The Morgan fingerprint density at radius 3 is 2.53 bits per heavy atom. The quantitative estimate of drug-likeness (QED) is 0.420. The summed E-state index contributed by atoms with van der Waals surface area (Å²) < 4.78 is 35.8. The van der Waals surface area contributed by atoms with Crippen LogP contribution in [0.5, 0.6) is 0 Å². The van der Waals surface area contributed by atoms with Gasteiger partial charge in [0.1, 0.15) is 5.25 Å². The summed E-state index contributed by atoms with van der Waals surface area (Å²) in [4.78, 5) is -0.0136. The largest absolute Gasteiger partial charge is 0.392 e. The monoisotopic (exact) mass is 284 g/mol. The Bertz CT molecular complexity index is 319. The van der Waals surface area contributed by atoms with Crippen LogP contribution in [0.4, 0.5) is 0 Å². The molecule has 0 saturated heterocycles. The zero-order valence-corrected chi connectivity index (χ0v) is 11.8. The summed E-state index contributed by atoms with van der Waals surface area (Å²) in [5.74, 6) is 0. The lowest BCUT2D eigenvalue weighted by Crippen LogP contribution is -2.42. The zero-order valence-electron chi connectivity index (χ0n) is 10.1. The van der Waals surface area contributed by atoms with E-state index in [2.05, 4.69) is 4.72 Å². The van der Waals surface area contributed by atoms with E-state index in [1.54, 1.807) is 14.0 Å². The number of hydrogen-bond acceptors (Lipinski definition) is 5. The Morgan fingerprint density at radius 2 is 2.06 bits per heavy atom. The van der Waals surface area contributed by atoms with Gasteiger partial charge in [-0.2, -0.15) is 0 Å². The molecule has 0 heterocycles. The number of nitrogens with one attached hydrogen (secondary N) is 1. The van der Waals surface area contributed by atoms with Crippen LogP contribution in [-0.4, -0.2) is 52.1 Å². The van der Waals surface area contributed by atoms with Crippen LogP contribution in [0.1, 0.15) is 13.3 Å². The maximum absolute atomic E-state index is 11.7. The molecule has 8 heteroatoms. The van der Waals surface area contributed by atoms with E-state index in [1.165, 1.54) is 0 Å². The number of rotatable bonds is 10. The predicted molar refractivity (Wildman–Crippen MR) is 70.5 cm³/mol. The van der Waals surface area contributed by atoms with Crippen LogP contribution >= 0.6 is 12.2 Å². The van der Waals surface area contributed by atoms with Gasteiger partial charge in [0.2, 0.25) is 10.0 Å². The minimum atomic E-state index is -3.49. The first kappa shape index (κ1) is 16.7. The molecule has 1 unspecified atom stereocenters. The van der Waals surface area contributed by atoms with E-state index in [-0.39, 0.29) is 18.1 Å². The molecular formula is C9H20N2O4S2. The molecule has 0 aliphatic heterocycles. The molecule has 102 valence electrons. The summed E-state index contributed by atoms with van der Waals surface area (Å²) >= 11 is 4.71. The van der Waals surface area contributed by atoms with Crippen LogP contribution in [0.25, 0.3) is 0 Å². The van der Waals surface area contributed by atoms with Gasteiger partial charge in [-0.05, 0) is 6.42 Å². The smallest absolute Gasteiger partial charge is 0.221 e. The topological polar surface area (TPSA) is 90.7 Å². The lowest BCUT2D eigenvalue weighted by Gasteiger charge is -2.15. The normalized spacial score (nSPS) is 13.5. The average molecular weight is 284 g/mol. The van der Waals surface area contributed by atoms with Crippen molar-refractivity contribution in [3.63, 3.8) is 0 Å². The van der Waals surface area contributed by atoms with E-state index in [0.717, 1.165) is 0 Å². The minimum absolute atomic E-state index is 0.0136. The number of ether oxygens (including phenoxy) is 2. The van der Waals surface area contributed by atoms with Gasteiger partial charge in [-0.25, -0.2) is 13.1 Å². The highest BCUT2D eigenvalue weighted by atomic mass is 32.2. The van der Waals surface area contributed by atoms with Crippen LogP contribution < -0.4 is 10.5 Å². The van der Waals surface area contributed by atoms with Crippen molar-refractivity contribution in [3.8, 4) is 0 Å². The van der Waals surface area contributed by atoms with Gasteiger partial charge in [-0.1, -0.05) is 19.1 Å². The van der Waals surface area contributed by atoms with E-state index in [1.807, 2.05) is 0 Å². The second kappa shape index (κ2) is 8.76. The van der Waals surface area contributed by atoms with Crippen molar-refractivity contribution in [2.45, 2.75) is 18.6 Å². The highest BCUT2D eigenvalue weighted by Crippen LogP contribution is 2.04. The molecule has 1 atom stereocenters. The second-order valence-corrected chi connectivity index (χ2v) is 5.76. The predicted octanol–water partition coefficient (Wildman–Crippen LogP) is -0.366. The summed E-state index contributed by atoms with van der Waals surface area (Å²) in [6.45, 7) is 3.13. The summed E-state index contributed by atoms with van der Waals surface area (Å²) in [6, 6.07) is 0. The second-order valence-electron chi connectivity index (χ2n) is 3.34. The first-order chi connectivity index (χ1) is 7.95. The van der Waals surface area contributed by atoms with Gasteiger partial charge in [-0.15, -0.1) is 0 Å². The van der Waals surface area contributed by atoms with Gasteiger partial charge in [0.25, 0.3) is 0 Å². The average Bonchev–Trinajstić information content (AvgIpc) is 2.23. The van der Waals surface area contributed by atoms with Gasteiger partial charge in [0.05, 0.1) is 24.8 Å². The molecule has 0 fully saturated rings. The zero-order chi connectivity index (χ0) is 13.3. The Balaban J connectivity index is 3.97. The maximum Gasteiger partial charge on any atom is 0.221 e. The van der Waals surface area contributed by atoms with Crippen LogP contribution in [0.2, 0.25) is 0 Å². The molecule has 0 saturated carbocycles. The van der Waals surface area contributed by atoms with Crippen molar-refractivity contribution < 1.29 is 17.9 Å². The number of thiocarbonyl (C=S) groups is 1.